The summed E-state index contributed by atoms with van der Waals surface area (Å²) in [6.07, 6.45) is 1.43. The van der Waals surface area contributed by atoms with E-state index in [0.717, 1.165) is 6.08 Å². The lowest BCUT2D eigenvalue weighted by molar-refractivity contribution is -0.146. The van der Waals surface area contributed by atoms with Gasteiger partial charge in [0.25, 0.3) is 5.78 Å². The second kappa shape index (κ2) is 5.06. The van der Waals surface area contributed by atoms with Crippen LogP contribution in [0, 0.1) is 0 Å². The average molecular weight is 172 g/mol. The Labute approximate surface area is 68.6 Å². The van der Waals surface area contributed by atoms with E-state index in [1.54, 1.807) is 6.92 Å². The minimum atomic E-state index is -1.60. The van der Waals surface area contributed by atoms with Gasteiger partial charge in [0.15, 0.2) is 0 Å². The van der Waals surface area contributed by atoms with Gasteiger partial charge < -0.3 is 9.84 Å². The van der Waals surface area contributed by atoms with Crippen LogP contribution >= 0.6 is 0 Å². The van der Waals surface area contributed by atoms with Crippen molar-refractivity contribution in [3.8, 4) is 0 Å². The van der Waals surface area contributed by atoms with Crippen molar-refractivity contribution in [3.05, 3.63) is 12.2 Å². The fraction of sp³-hybridized carbons (Fsp3) is 0.286. The Bertz CT molecular complexity index is 228. The van der Waals surface area contributed by atoms with Crippen molar-refractivity contribution in [2.45, 2.75) is 6.92 Å². The molecule has 0 spiro atoms. The van der Waals surface area contributed by atoms with Crippen molar-refractivity contribution >= 4 is 17.7 Å². The lowest BCUT2D eigenvalue weighted by Gasteiger charge is -1.92. The van der Waals surface area contributed by atoms with Crippen molar-refractivity contribution in [1.82, 2.24) is 0 Å². The summed E-state index contributed by atoms with van der Waals surface area (Å²) in [4.78, 5) is 30.8. The molecular weight excluding hydrogens is 164 g/mol. The zero-order valence-corrected chi connectivity index (χ0v) is 6.44. The van der Waals surface area contributed by atoms with Crippen LogP contribution in [0.1, 0.15) is 6.92 Å². The van der Waals surface area contributed by atoms with E-state index in [0.29, 0.717) is 6.08 Å². The summed E-state index contributed by atoms with van der Waals surface area (Å²) >= 11 is 0. The molecule has 0 heterocycles. The average Bonchev–Trinajstić information content (AvgIpc) is 2.00. The minimum absolute atomic E-state index is 0.185. The van der Waals surface area contributed by atoms with Gasteiger partial charge >= 0.3 is 11.9 Å². The molecule has 0 aromatic heterocycles. The smallest absolute Gasteiger partial charge is 0.376 e. The van der Waals surface area contributed by atoms with Crippen molar-refractivity contribution in [3.63, 3.8) is 0 Å². The van der Waals surface area contributed by atoms with Gasteiger partial charge in [-0.1, -0.05) is 0 Å². The second-order valence-corrected chi connectivity index (χ2v) is 1.75. The molecule has 12 heavy (non-hydrogen) atoms. The first-order chi connectivity index (χ1) is 5.57. The zero-order valence-electron chi connectivity index (χ0n) is 6.44. The third kappa shape index (κ3) is 4.21. The quantitative estimate of drug-likeness (QED) is 0.359. The number of ketones is 1. The summed E-state index contributed by atoms with van der Waals surface area (Å²) in [5, 5.41) is 8.07. The fourth-order valence-corrected chi connectivity index (χ4v) is 0.405. The highest BCUT2D eigenvalue weighted by molar-refractivity contribution is 6.37. The number of carboxylic acid groups (broad SMARTS) is 1. The maximum Gasteiger partial charge on any atom is 0.376 e. The van der Waals surface area contributed by atoms with Gasteiger partial charge in [-0.05, 0) is 6.92 Å². The number of carboxylic acids is 1. The molecule has 0 fully saturated rings. The first-order valence-electron chi connectivity index (χ1n) is 3.20. The van der Waals surface area contributed by atoms with Gasteiger partial charge in [-0.3, -0.25) is 4.79 Å². The molecule has 0 rings (SSSR count). The lowest BCUT2D eigenvalue weighted by Crippen LogP contribution is -2.10. The van der Waals surface area contributed by atoms with E-state index in [4.69, 9.17) is 5.11 Å². The molecule has 0 radical (unpaired) electrons. The summed E-state index contributed by atoms with van der Waals surface area (Å²) in [5.74, 6) is -3.48. The van der Waals surface area contributed by atoms with Crippen molar-refractivity contribution in [1.29, 1.82) is 0 Å². The summed E-state index contributed by atoms with van der Waals surface area (Å²) < 4.78 is 4.40. The SMILES string of the molecule is CCOC(=O)C=CC(=O)C(=O)O. The van der Waals surface area contributed by atoms with Gasteiger partial charge in [-0.25, -0.2) is 9.59 Å². The van der Waals surface area contributed by atoms with E-state index in [1.165, 1.54) is 0 Å². The Morgan fingerprint density at radius 3 is 2.33 bits per heavy atom. The molecule has 0 atom stereocenters. The van der Waals surface area contributed by atoms with Gasteiger partial charge in [0.2, 0.25) is 0 Å². The molecule has 0 aromatic rings. The van der Waals surface area contributed by atoms with E-state index in [2.05, 4.69) is 4.74 Å². The molecule has 0 saturated carbocycles. The second-order valence-electron chi connectivity index (χ2n) is 1.75. The van der Waals surface area contributed by atoms with E-state index >= 15 is 0 Å². The summed E-state index contributed by atoms with van der Waals surface area (Å²) in [6.45, 7) is 1.79. The van der Waals surface area contributed by atoms with Crippen LogP contribution in [0.3, 0.4) is 0 Å². The highest BCUT2D eigenvalue weighted by atomic mass is 16.5. The highest BCUT2D eigenvalue weighted by Crippen LogP contribution is 1.82. The molecule has 0 saturated heterocycles. The van der Waals surface area contributed by atoms with Crippen LogP contribution in [0.2, 0.25) is 0 Å². The maximum absolute atomic E-state index is 10.5. The number of esters is 1. The van der Waals surface area contributed by atoms with Gasteiger partial charge in [-0.2, -0.15) is 0 Å². The normalized spacial score (nSPS) is 9.75. The zero-order chi connectivity index (χ0) is 9.56. The van der Waals surface area contributed by atoms with Crippen LogP contribution in [0.4, 0.5) is 0 Å². The van der Waals surface area contributed by atoms with Gasteiger partial charge in [0, 0.05) is 12.2 Å². The predicted molar refractivity (Wildman–Crippen MR) is 38.4 cm³/mol. The van der Waals surface area contributed by atoms with Crippen LogP contribution in [0.25, 0.3) is 0 Å². The molecular formula is C7H8O5. The Morgan fingerprint density at radius 1 is 1.33 bits per heavy atom. The predicted octanol–water partition coefficient (Wildman–Crippen LogP) is -0.241. The summed E-state index contributed by atoms with van der Waals surface area (Å²) in [7, 11) is 0. The molecule has 0 aliphatic rings. The monoisotopic (exact) mass is 172 g/mol. The van der Waals surface area contributed by atoms with Gasteiger partial charge in [0.1, 0.15) is 0 Å². The lowest BCUT2D eigenvalue weighted by atomic mass is 10.3. The Hall–Kier alpha value is -1.65. The molecule has 66 valence electrons. The fourth-order valence-electron chi connectivity index (χ4n) is 0.405. The van der Waals surface area contributed by atoms with Crippen LogP contribution in [0.15, 0.2) is 12.2 Å². The molecule has 5 nitrogen and oxygen atoms in total. The van der Waals surface area contributed by atoms with Gasteiger partial charge in [-0.15, -0.1) is 0 Å². The van der Waals surface area contributed by atoms with Crippen LogP contribution in [0.5, 0.6) is 0 Å². The largest absolute Gasteiger partial charge is 0.475 e. The van der Waals surface area contributed by atoms with E-state index in [-0.39, 0.29) is 6.61 Å². The number of aliphatic carboxylic acids is 1. The minimum Gasteiger partial charge on any atom is -0.475 e. The standard InChI is InChI=1S/C7H8O5/c1-2-12-6(9)4-3-5(8)7(10)11/h3-4H,2H2,1H3,(H,10,11). The highest BCUT2D eigenvalue weighted by Gasteiger charge is 2.06. The Balaban J connectivity index is 3.98. The first-order valence-corrected chi connectivity index (χ1v) is 3.20. The topological polar surface area (TPSA) is 80.7 Å². The number of ether oxygens (including phenoxy) is 1. The molecule has 0 amide bonds. The molecule has 0 unspecified atom stereocenters. The summed E-state index contributed by atoms with van der Waals surface area (Å²) in [5.41, 5.74) is 0. The molecule has 1 N–H and O–H groups in total. The third-order valence-corrected chi connectivity index (χ3v) is 0.868. The van der Waals surface area contributed by atoms with Crippen LogP contribution in [-0.4, -0.2) is 29.4 Å². The number of hydrogen-bond donors (Lipinski definition) is 1. The Kier molecular flexibility index (Phi) is 4.36. The Morgan fingerprint density at radius 2 is 1.92 bits per heavy atom. The number of rotatable bonds is 4. The first kappa shape index (κ1) is 10.3. The van der Waals surface area contributed by atoms with Crippen LogP contribution in [-0.2, 0) is 19.1 Å². The molecule has 0 aliphatic heterocycles. The van der Waals surface area contributed by atoms with Gasteiger partial charge in [0.05, 0.1) is 6.61 Å². The third-order valence-electron chi connectivity index (χ3n) is 0.868. The number of carbonyl (C=O) groups excluding carboxylic acids is 2. The van der Waals surface area contributed by atoms with Crippen molar-refractivity contribution in [2.75, 3.05) is 6.61 Å². The van der Waals surface area contributed by atoms with Crippen molar-refractivity contribution in [2.24, 2.45) is 0 Å². The van der Waals surface area contributed by atoms with E-state index in [1.807, 2.05) is 0 Å². The molecule has 0 aromatic carbocycles. The molecule has 0 aliphatic carbocycles. The molecule has 0 bridgehead atoms. The number of carbonyl (C=O) groups is 3. The van der Waals surface area contributed by atoms with Crippen molar-refractivity contribution < 1.29 is 24.2 Å². The maximum atomic E-state index is 10.5. The summed E-state index contributed by atoms with van der Waals surface area (Å²) in [6, 6.07) is 0. The van der Waals surface area contributed by atoms with E-state index < -0.39 is 17.7 Å². The van der Waals surface area contributed by atoms with Crippen LogP contribution < -0.4 is 0 Å². The number of hydrogen-bond acceptors (Lipinski definition) is 4. The van der Waals surface area contributed by atoms with E-state index in [9.17, 15) is 14.4 Å². The molecule has 5 heteroatoms.